The Labute approximate surface area is 125 Å². The van der Waals surface area contributed by atoms with E-state index in [-0.39, 0.29) is 23.9 Å². The number of hydrogen-bond acceptors (Lipinski definition) is 6. The Morgan fingerprint density at radius 1 is 1.38 bits per heavy atom. The van der Waals surface area contributed by atoms with Gasteiger partial charge in [-0.2, -0.15) is 0 Å². The quantitative estimate of drug-likeness (QED) is 0.607. The van der Waals surface area contributed by atoms with Crippen molar-refractivity contribution in [1.82, 2.24) is 0 Å². The van der Waals surface area contributed by atoms with Gasteiger partial charge in [0.2, 0.25) is 0 Å². The van der Waals surface area contributed by atoms with E-state index in [4.69, 9.17) is 20.3 Å². The van der Waals surface area contributed by atoms with Gasteiger partial charge in [-0.3, -0.25) is 10.1 Å². The van der Waals surface area contributed by atoms with E-state index >= 15 is 0 Å². The van der Waals surface area contributed by atoms with Gasteiger partial charge in [0.05, 0.1) is 30.8 Å². The lowest BCUT2D eigenvalue weighted by Crippen LogP contribution is -2.36. The molecule has 21 heavy (non-hydrogen) atoms. The Bertz CT molecular complexity index is 516. The molecule has 3 N–H and O–H groups in total. The van der Waals surface area contributed by atoms with E-state index in [2.05, 4.69) is 0 Å². The van der Waals surface area contributed by atoms with Gasteiger partial charge in [-0.25, -0.2) is 8.78 Å². The lowest BCUT2D eigenvalue weighted by molar-refractivity contribution is -0.386. The summed E-state index contributed by atoms with van der Waals surface area (Å²) in [6.07, 6.45) is 0. The van der Waals surface area contributed by atoms with Gasteiger partial charge in [0.25, 0.3) is 11.6 Å². The molecule has 0 unspecified atom stereocenters. The first-order valence-corrected chi connectivity index (χ1v) is 5.43. The maximum absolute atomic E-state index is 13.4. The fourth-order valence-electron chi connectivity index (χ4n) is 1.62. The molecule has 0 saturated heterocycles. The van der Waals surface area contributed by atoms with Gasteiger partial charge in [-0.1, -0.05) is 0 Å². The molecule has 0 heterocycles. The third kappa shape index (κ3) is 3.90. The molecule has 0 bridgehead atoms. The summed E-state index contributed by atoms with van der Waals surface area (Å²) < 4.78 is 36.6. The van der Waals surface area contributed by atoms with E-state index in [9.17, 15) is 18.9 Å². The molecule has 0 fully saturated rings. The van der Waals surface area contributed by atoms with Crippen molar-refractivity contribution in [2.75, 3.05) is 20.8 Å². The normalized spacial score (nSPS) is 12.3. The Morgan fingerprint density at radius 2 is 1.86 bits per heavy atom. The van der Waals surface area contributed by atoms with Gasteiger partial charge in [-0.05, 0) is 6.07 Å². The van der Waals surface area contributed by atoms with Crippen LogP contribution in [-0.4, -0.2) is 36.8 Å². The van der Waals surface area contributed by atoms with E-state index < -0.39 is 34.7 Å². The topological polar surface area (TPSA) is 108 Å². The average molecular weight is 329 g/mol. The van der Waals surface area contributed by atoms with Crippen LogP contribution >= 0.6 is 12.4 Å². The molecule has 0 saturated carbocycles. The number of nitrogens with zero attached hydrogens (tertiary/aromatic N) is 1. The van der Waals surface area contributed by atoms with Gasteiger partial charge in [0.1, 0.15) is 12.6 Å². The number of hydrogen-bond donors (Lipinski definition) is 2. The van der Waals surface area contributed by atoms with Crippen LogP contribution < -0.4 is 15.2 Å². The first-order chi connectivity index (χ1) is 9.28. The summed E-state index contributed by atoms with van der Waals surface area (Å²) in [6, 6.07) is -0.0973. The first kappa shape index (κ1) is 19.3. The van der Waals surface area contributed by atoms with Crippen LogP contribution in [0.4, 0.5) is 14.5 Å². The van der Waals surface area contributed by atoms with E-state index in [0.717, 1.165) is 12.1 Å². The van der Waals surface area contributed by atoms with Crippen molar-refractivity contribution in [3.63, 3.8) is 0 Å². The molecule has 0 spiro atoms. The molecule has 7 nitrogen and oxygen atoms in total. The third-order valence-corrected chi connectivity index (χ3v) is 2.73. The first-order valence-electron chi connectivity index (χ1n) is 5.43. The second-order valence-corrected chi connectivity index (χ2v) is 3.92. The Morgan fingerprint density at radius 3 is 2.24 bits per heavy atom. The van der Waals surface area contributed by atoms with Crippen molar-refractivity contribution in [2.24, 2.45) is 5.73 Å². The lowest BCUT2D eigenvalue weighted by atomic mass is 9.99. The van der Waals surface area contributed by atoms with E-state index in [1.807, 2.05) is 0 Å². The molecular formula is C11H15ClF2N2O5. The number of rotatable bonds is 6. The van der Waals surface area contributed by atoms with Crippen molar-refractivity contribution in [2.45, 2.75) is 12.0 Å². The van der Waals surface area contributed by atoms with Crippen LogP contribution in [0.2, 0.25) is 0 Å². The van der Waals surface area contributed by atoms with E-state index in [0.29, 0.717) is 0 Å². The zero-order chi connectivity index (χ0) is 15.5. The highest BCUT2D eigenvalue weighted by atomic mass is 35.5. The summed E-state index contributed by atoms with van der Waals surface area (Å²) in [5, 5.41) is 19.6. The number of aliphatic hydroxyl groups excluding tert-OH is 1. The van der Waals surface area contributed by atoms with Gasteiger partial charge >= 0.3 is 0 Å². The molecule has 1 atom stereocenters. The smallest absolute Gasteiger partial charge is 0.289 e. The average Bonchev–Trinajstić information content (AvgIpc) is 2.44. The summed E-state index contributed by atoms with van der Waals surface area (Å²) in [5.74, 6) is -3.66. The maximum atomic E-state index is 13.4. The summed E-state index contributed by atoms with van der Waals surface area (Å²) in [4.78, 5) is 10.1. The molecule has 0 aromatic heterocycles. The number of benzene rings is 1. The van der Waals surface area contributed by atoms with Crippen LogP contribution in [0.5, 0.6) is 11.5 Å². The molecule has 0 amide bonds. The number of halogens is 3. The second kappa shape index (κ2) is 7.34. The Balaban J connectivity index is 0.00000400. The minimum Gasteiger partial charge on any atom is -0.493 e. The number of nitrogens with two attached hydrogens (primary N) is 1. The molecular weight excluding hydrogens is 314 g/mol. The third-order valence-electron chi connectivity index (χ3n) is 2.73. The number of nitro groups is 1. The molecule has 1 aromatic carbocycles. The monoisotopic (exact) mass is 328 g/mol. The molecule has 1 rings (SSSR count). The molecule has 1 aromatic rings. The molecule has 0 radical (unpaired) electrons. The predicted molar refractivity (Wildman–Crippen MR) is 72.4 cm³/mol. The largest absolute Gasteiger partial charge is 0.493 e. The molecule has 0 aliphatic heterocycles. The van der Waals surface area contributed by atoms with E-state index in [1.54, 1.807) is 0 Å². The summed E-state index contributed by atoms with van der Waals surface area (Å²) in [5.41, 5.74) is 4.24. The number of aliphatic hydroxyl groups is 1. The highest BCUT2D eigenvalue weighted by Crippen LogP contribution is 2.40. The van der Waals surface area contributed by atoms with Crippen molar-refractivity contribution in [3.05, 3.63) is 27.8 Å². The molecule has 10 heteroatoms. The number of methoxy groups -OCH3 is 2. The highest BCUT2D eigenvalue weighted by molar-refractivity contribution is 5.85. The van der Waals surface area contributed by atoms with Crippen LogP contribution in [0.1, 0.15) is 11.6 Å². The second-order valence-electron chi connectivity index (χ2n) is 3.92. The Kier molecular flexibility index (Phi) is 6.74. The lowest BCUT2D eigenvalue weighted by Gasteiger charge is -2.22. The molecule has 120 valence electrons. The minimum atomic E-state index is -3.70. The SMILES string of the molecule is COc1cc([C@@H](N)C(F)(F)CO)c([N+](=O)[O-])cc1OC.Cl. The van der Waals surface area contributed by atoms with E-state index in [1.165, 1.54) is 14.2 Å². The number of ether oxygens (including phenoxy) is 2. The number of nitro benzene ring substituents is 1. The van der Waals surface area contributed by atoms with Crippen LogP contribution in [0.25, 0.3) is 0 Å². The van der Waals surface area contributed by atoms with Crippen LogP contribution in [0, 0.1) is 10.1 Å². The molecule has 0 aliphatic rings. The van der Waals surface area contributed by atoms with Crippen molar-refractivity contribution in [3.8, 4) is 11.5 Å². The van der Waals surface area contributed by atoms with Crippen LogP contribution in [-0.2, 0) is 0 Å². The fraction of sp³-hybridized carbons (Fsp3) is 0.455. The van der Waals surface area contributed by atoms with Crippen LogP contribution in [0.3, 0.4) is 0 Å². The summed E-state index contributed by atoms with van der Waals surface area (Å²) in [7, 11) is 2.51. The standard InChI is InChI=1S/C11H14F2N2O5.ClH/c1-19-8-3-6(10(14)11(12,13)5-16)7(15(17)18)4-9(8)20-2;/h3-4,10,16H,5,14H2,1-2H3;1H/t10-;/m1./s1. The van der Waals surface area contributed by atoms with Crippen molar-refractivity contribution < 1.29 is 28.3 Å². The van der Waals surface area contributed by atoms with Crippen molar-refractivity contribution in [1.29, 1.82) is 0 Å². The zero-order valence-electron chi connectivity index (χ0n) is 11.2. The fourth-order valence-corrected chi connectivity index (χ4v) is 1.62. The Hall–Kier alpha value is -1.71. The summed E-state index contributed by atoms with van der Waals surface area (Å²) >= 11 is 0. The maximum Gasteiger partial charge on any atom is 0.289 e. The van der Waals surface area contributed by atoms with Gasteiger partial charge < -0.3 is 20.3 Å². The van der Waals surface area contributed by atoms with Gasteiger partial charge in [0.15, 0.2) is 11.5 Å². The zero-order valence-corrected chi connectivity index (χ0v) is 12.0. The van der Waals surface area contributed by atoms with Gasteiger partial charge in [0, 0.05) is 0 Å². The van der Waals surface area contributed by atoms with Crippen molar-refractivity contribution >= 4 is 18.1 Å². The van der Waals surface area contributed by atoms with Gasteiger partial charge in [-0.15, -0.1) is 12.4 Å². The summed E-state index contributed by atoms with van der Waals surface area (Å²) in [6.45, 7) is -1.53. The molecule has 0 aliphatic carbocycles. The highest BCUT2D eigenvalue weighted by Gasteiger charge is 2.41. The van der Waals surface area contributed by atoms with Crippen LogP contribution in [0.15, 0.2) is 12.1 Å². The number of alkyl halides is 2. The minimum absolute atomic E-state index is 0. The predicted octanol–water partition coefficient (Wildman–Crippen LogP) is 1.66.